The minimum Gasteiger partial charge on any atom is -0.481 e. The SMILES string of the molecule is CC1CN(c2nc3c(s2)CCCC3C(=O)O)CC(C)S1. The van der Waals surface area contributed by atoms with E-state index < -0.39 is 11.9 Å². The molecule has 0 spiro atoms. The number of aliphatic carboxylic acids is 1. The summed E-state index contributed by atoms with van der Waals surface area (Å²) in [6.45, 7) is 6.53. The molecular weight excluding hydrogens is 292 g/mol. The Bertz CT molecular complexity index is 507. The van der Waals surface area contributed by atoms with Gasteiger partial charge in [-0.25, -0.2) is 4.98 Å². The highest BCUT2D eigenvalue weighted by Crippen LogP contribution is 2.39. The summed E-state index contributed by atoms with van der Waals surface area (Å²) in [5, 5.41) is 11.6. The van der Waals surface area contributed by atoms with Crippen molar-refractivity contribution in [2.75, 3.05) is 18.0 Å². The van der Waals surface area contributed by atoms with Crippen LogP contribution in [0.3, 0.4) is 0 Å². The summed E-state index contributed by atoms with van der Waals surface area (Å²) in [6, 6.07) is 0. The zero-order valence-electron chi connectivity index (χ0n) is 11.8. The van der Waals surface area contributed by atoms with E-state index in [2.05, 4.69) is 18.7 Å². The van der Waals surface area contributed by atoms with E-state index in [1.165, 1.54) is 4.88 Å². The second-order valence-corrected chi connectivity index (χ2v) is 8.69. The monoisotopic (exact) mass is 312 g/mol. The van der Waals surface area contributed by atoms with E-state index in [1.807, 2.05) is 11.8 Å². The lowest BCUT2D eigenvalue weighted by Crippen LogP contribution is -2.40. The Morgan fingerprint density at radius 2 is 2.05 bits per heavy atom. The van der Waals surface area contributed by atoms with Gasteiger partial charge in [-0.15, -0.1) is 11.3 Å². The van der Waals surface area contributed by atoms with Gasteiger partial charge in [0, 0.05) is 28.5 Å². The summed E-state index contributed by atoms with van der Waals surface area (Å²) in [4.78, 5) is 19.6. The van der Waals surface area contributed by atoms with Crippen molar-refractivity contribution >= 4 is 34.2 Å². The molecule has 1 aliphatic carbocycles. The topological polar surface area (TPSA) is 53.4 Å². The van der Waals surface area contributed by atoms with Crippen molar-refractivity contribution in [2.45, 2.75) is 49.5 Å². The van der Waals surface area contributed by atoms with Gasteiger partial charge < -0.3 is 10.0 Å². The van der Waals surface area contributed by atoms with E-state index >= 15 is 0 Å². The maximum absolute atomic E-state index is 11.4. The van der Waals surface area contributed by atoms with Gasteiger partial charge in [-0.3, -0.25) is 4.79 Å². The molecule has 3 unspecified atom stereocenters. The molecule has 1 N–H and O–H groups in total. The van der Waals surface area contributed by atoms with Crippen LogP contribution in [0.25, 0.3) is 0 Å². The molecule has 20 heavy (non-hydrogen) atoms. The molecule has 1 aromatic rings. The van der Waals surface area contributed by atoms with E-state index in [0.717, 1.165) is 43.2 Å². The van der Waals surface area contributed by atoms with Gasteiger partial charge in [0.05, 0.1) is 5.69 Å². The summed E-state index contributed by atoms with van der Waals surface area (Å²) in [7, 11) is 0. The molecule has 0 aromatic carbocycles. The van der Waals surface area contributed by atoms with E-state index in [-0.39, 0.29) is 0 Å². The van der Waals surface area contributed by atoms with Crippen molar-refractivity contribution in [3.05, 3.63) is 10.6 Å². The van der Waals surface area contributed by atoms with Crippen LogP contribution < -0.4 is 4.90 Å². The normalized spacial score (nSPS) is 30.1. The molecule has 6 heteroatoms. The molecule has 0 amide bonds. The second-order valence-electron chi connectivity index (χ2n) is 5.75. The molecule has 0 saturated carbocycles. The Morgan fingerprint density at radius 1 is 1.35 bits per heavy atom. The maximum Gasteiger partial charge on any atom is 0.312 e. The zero-order valence-corrected chi connectivity index (χ0v) is 13.5. The van der Waals surface area contributed by atoms with Gasteiger partial charge in [-0.1, -0.05) is 13.8 Å². The zero-order chi connectivity index (χ0) is 14.3. The van der Waals surface area contributed by atoms with Gasteiger partial charge in [-0.05, 0) is 19.3 Å². The van der Waals surface area contributed by atoms with Crippen molar-refractivity contribution in [2.24, 2.45) is 0 Å². The van der Waals surface area contributed by atoms with E-state index in [0.29, 0.717) is 10.5 Å². The third kappa shape index (κ3) is 2.68. The standard InChI is InChI=1S/C14H20N2O2S2/c1-8-6-16(7-9(2)19-8)14-15-12-10(13(17)18)4-3-5-11(12)20-14/h8-10H,3-7H2,1-2H3,(H,17,18). The van der Waals surface area contributed by atoms with Crippen LogP contribution in [-0.2, 0) is 11.2 Å². The quantitative estimate of drug-likeness (QED) is 0.910. The predicted molar refractivity (Wildman–Crippen MR) is 84.2 cm³/mol. The number of nitrogens with zero attached hydrogens (tertiary/aromatic N) is 2. The Kier molecular flexibility index (Phi) is 3.95. The fourth-order valence-corrected chi connectivity index (χ4v) is 5.62. The molecule has 4 nitrogen and oxygen atoms in total. The van der Waals surface area contributed by atoms with Crippen LogP contribution in [-0.4, -0.2) is 39.6 Å². The molecule has 110 valence electrons. The van der Waals surface area contributed by atoms with Crippen LogP contribution in [0.4, 0.5) is 5.13 Å². The van der Waals surface area contributed by atoms with Crippen LogP contribution in [0.2, 0.25) is 0 Å². The highest BCUT2D eigenvalue weighted by atomic mass is 32.2. The lowest BCUT2D eigenvalue weighted by atomic mass is 9.91. The highest BCUT2D eigenvalue weighted by Gasteiger charge is 2.32. The minimum atomic E-state index is -0.723. The van der Waals surface area contributed by atoms with E-state index in [4.69, 9.17) is 4.98 Å². The first-order valence-corrected chi connectivity index (χ1v) is 8.93. The molecule has 1 saturated heterocycles. The van der Waals surface area contributed by atoms with Crippen molar-refractivity contribution in [3.63, 3.8) is 0 Å². The summed E-state index contributed by atoms with van der Waals surface area (Å²) >= 11 is 3.73. The number of hydrogen-bond acceptors (Lipinski definition) is 5. The van der Waals surface area contributed by atoms with Gasteiger partial charge in [0.25, 0.3) is 0 Å². The number of hydrogen-bond donors (Lipinski definition) is 1. The van der Waals surface area contributed by atoms with E-state index in [9.17, 15) is 9.90 Å². The Morgan fingerprint density at radius 3 is 2.70 bits per heavy atom. The van der Waals surface area contributed by atoms with Crippen LogP contribution in [0.15, 0.2) is 0 Å². The van der Waals surface area contributed by atoms with Crippen LogP contribution in [0.5, 0.6) is 0 Å². The third-order valence-corrected chi connectivity index (χ3v) is 6.35. The average molecular weight is 312 g/mol. The predicted octanol–water partition coefficient (Wildman–Crippen LogP) is 2.98. The summed E-state index contributed by atoms with van der Waals surface area (Å²) in [5.74, 6) is -1.11. The van der Waals surface area contributed by atoms with Crippen molar-refractivity contribution in [3.8, 4) is 0 Å². The molecule has 3 atom stereocenters. The Labute approximate surface area is 127 Å². The molecular formula is C14H20N2O2S2. The largest absolute Gasteiger partial charge is 0.481 e. The number of thiazole rings is 1. The van der Waals surface area contributed by atoms with Gasteiger partial charge >= 0.3 is 5.97 Å². The number of thioether (sulfide) groups is 1. The maximum atomic E-state index is 11.4. The van der Waals surface area contributed by atoms with Crippen molar-refractivity contribution in [1.82, 2.24) is 4.98 Å². The first-order chi connectivity index (χ1) is 9.54. The third-order valence-electron chi connectivity index (χ3n) is 3.93. The molecule has 0 bridgehead atoms. The summed E-state index contributed by atoms with van der Waals surface area (Å²) in [5.41, 5.74) is 0.835. The Hall–Kier alpha value is -0.750. The van der Waals surface area contributed by atoms with Crippen molar-refractivity contribution in [1.29, 1.82) is 0 Å². The molecule has 2 aliphatic rings. The molecule has 0 radical (unpaired) electrons. The number of rotatable bonds is 2. The number of carboxylic acids is 1. The number of aryl methyl sites for hydroxylation is 1. The van der Waals surface area contributed by atoms with Crippen molar-refractivity contribution < 1.29 is 9.90 Å². The smallest absolute Gasteiger partial charge is 0.312 e. The molecule has 1 aromatic heterocycles. The van der Waals surface area contributed by atoms with Gasteiger partial charge in [-0.2, -0.15) is 11.8 Å². The number of aromatic nitrogens is 1. The summed E-state index contributed by atoms with van der Waals surface area (Å²) in [6.07, 6.45) is 2.69. The number of carbonyl (C=O) groups is 1. The highest BCUT2D eigenvalue weighted by molar-refractivity contribution is 8.00. The van der Waals surface area contributed by atoms with Crippen LogP contribution in [0, 0.1) is 0 Å². The molecule has 1 fully saturated rings. The minimum absolute atomic E-state index is 0.391. The van der Waals surface area contributed by atoms with Crippen LogP contribution in [0.1, 0.15) is 43.2 Å². The first kappa shape index (κ1) is 14.2. The lowest BCUT2D eigenvalue weighted by molar-refractivity contribution is -0.139. The number of fused-ring (bicyclic) bond motifs is 1. The lowest BCUT2D eigenvalue weighted by Gasteiger charge is -2.34. The Balaban J connectivity index is 1.87. The first-order valence-electron chi connectivity index (χ1n) is 7.17. The van der Waals surface area contributed by atoms with Gasteiger partial charge in [0.1, 0.15) is 5.92 Å². The fourth-order valence-electron chi connectivity index (χ4n) is 3.12. The summed E-state index contributed by atoms with van der Waals surface area (Å²) < 4.78 is 0. The number of anilines is 1. The molecule has 3 rings (SSSR count). The number of carboxylic acid groups (broad SMARTS) is 1. The molecule has 1 aliphatic heterocycles. The van der Waals surface area contributed by atoms with Crippen LogP contribution >= 0.6 is 23.1 Å². The van der Waals surface area contributed by atoms with E-state index in [1.54, 1.807) is 11.3 Å². The van der Waals surface area contributed by atoms with Gasteiger partial charge in [0.15, 0.2) is 5.13 Å². The van der Waals surface area contributed by atoms with Gasteiger partial charge in [0.2, 0.25) is 0 Å². The second kappa shape index (κ2) is 5.56. The molecule has 2 heterocycles. The average Bonchev–Trinajstić information content (AvgIpc) is 2.80. The fraction of sp³-hybridized carbons (Fsp3) is 0.714.